The van der Waals surface area contributed by atoms with Crippen molar-refractivity contribution in [3.63, 3.8) is 0 Å². The predicted octanol–water partition coefficient (Wildman–Crippen LogP) is 5.44. The first-order valence-corrected chi connectivity index (χ1v) is 10.0. The van der Waals surface area contributed by atoms with Crippen molar-refractivity contribution >= 4 is 44.6 Å². The lowest BCUT2D eigenvalue weighted by Gasteiger charge is -2.15. The van der Waals surface area contributed by atoms with E-state index in [1.54, 1.807) is 42.5 Å². The number of para-hydroxylation sites is 3. The first kappa shape index (κ1) is 19.8. The maximum Gasteiger partial charge on any atom is 0.339 e. The molecule has 0 spiro atoms. The van der Waals surface area contributed by atoms with E-state index < -0.39 is 18.0 Å². The molecule has 4 rings (SSSR count). The maximum atomic E-state index is 12.8. The summed E-state index contributed by atoms with van der Waals surface area (Å²) in [5.41, 5.74) is 2.67. The van der Waals surface area contributed by atoms with Gasteiger partial charge in [0.15, 0.2) is 11.7 Å². The van der Waals surface area contributed by atoms with Crippen LogP contribution < -0.4 is 5.32 Å². The molecule has 7 heteroatoms. The molecular weight excluding hydrogens is 448 g/mol. The normalized spacial score (nSPS) is 11.8. The standard InChI is InChI=1S/C23H17BrN2O4/c1-14(21(27)25-18-11-5-4-10-17(18)24)29-23(28)16-9-3-2-8-15(16)22-26-19-12-6-7-13-20(19)30-22/h2-14H,1H3,(H,25,27). The van der Waals surface area contributed by atoms with Crippen molar-refractivity contribution in [3.05, 3.63) is 82.8 Å². The Labute approximate surface area is 181 Å². The van der Waals surface area contributed by atoms with Crippen LogP contribution in [-0.4, -0.2) is 23.0 Å². The molecule has 0 fully saturated rings. The SMILES string of the molecule is CC(OC(=O)c1ccccc1-c1nc2ccccc2o1)C(=O)Nc1ccccc1Br. The van der Waals surface area contributed by atoms with E-state index in [1.165, 1.54) is 6.92 Å². The van der Waals surface area contributed by atoms with Crippen molar-refractivity contribution < 1.29 is 18.7 Å². The summed E-state index contributed by atoms with van der Waals surface area (Å²) in [6.07, 6.45) is -0.999. The fourth-order valence-corrected chi connectivity index (χ4v) is 3.29. The number of carbonyl (C=O) groups is 2. The van der Waals surface area contributed by atoms with Crippen LogP contribution in [0.2, 0.25) is 0 Å². The smallest absolute Gasteiger partial charge is 0.339 e. The van der Waals surface area contributed by atoms with Gasteiger partial charge in [-0.2, -0.15) is 0 Å². The number of hydrogen-bond acceptors (Lipinski definition) is 5. The van der Waals surface area contributed by atoms with Gasteiger partial charge in [0, 0.05) is 4.47 Å². The van der Waals surface area contributed by atoms with Crippen LogP contribution in [0.15, 0.2) is 81.7 Å². The predicted molar refractivity (Wildman–Crippen MR) is 117 cm³/mol. The number of benzene rings is 3. The number of fused-ring (bicyclic) bond motifs is 1. The topological polar surface area (TPSA) is 81.4 Å². The Bertz CT molecular complexity index is 1200. The average molecular weight is 465 g/mol. The summed E-state index contributed by atoms with van der Waals surface area (Å²) in [4.78, 5) is 29.7. The van der Waals surface area contributed by atoms with Crippen LogP contribution in [0.3, 0.4) is 0 Å². The lowest BCUT2D eigenvalue weighted by atomic mass is 10.1. The summed E-state index contributed by atoms with van der Waals surface area (Å²) < 4.78 is 11.9. The van der Waals surface area contributed by atoms with E-state index in [9.17, 15) is 9.59 Å². The number of amides is 1. The summed E-state index contributed by atoms with van der Waals surface area (Å²) in [6.45, 7) is 1.52. The van der Waals surface area contributed by atoms with Gasteiger partial charge in [-0.1, -0.05) is 36.4 Å². The van der Waals surface area contributed by atoms with Crippen LogP contribution in [0.1, 0.15) is 17.3 Å². The van der Waals surface area contributed by atoms with Gasteiger partial charge in [-0.3, -0.25) is 4.79 Å². The zero-order chi connectivity index (χ0) is 21.1. The molecule has 1 N–H and O–H groups in total. The number of nitrogens with one attached hydrogen (secondary N) is 1. The lowest BCUT2D eigenvalue weighted by molar-refractivity contribution is -0.123. The Morgan fingerprint density at radius 1 is 1.00 bits per heavy atom. The Morgan fingerprint density at radius 3 is 2.50 bits per heavy atom. The average Bonchev–Trinajstić information content (AvgIpc) is 3.19. The zero-order valence-electron chi connectivity index (χ0n) is 16.0. The molecule has 1 aromatic heterocycles. The molecule has 0 aliphatic carbocycles. The van der Waals surface area contributed by atoms with E-state index >= 15 is 0 Å². The Hall–Kier alpha value is -3.45. The highest BCUT2D eigenvalue weighted by Crippen LogP contribution is 2.28. The molecule has 0 aliphatic rings. The lowest BCUT2D eigenvalue weighted by Crippen LogP contribution is -2.30. The Balaban J connectivity index is 1.54. The minimum absolute atomic E-state index is 0.268. The third-order valence-corrected chi connectivity index (χ3v) is 5.15. The van der Waals surface area contributed by atoms with Crippen molar-refractivity contribution in [2.45, 2.75) is 13.0 Å². The van der Waals surface area contributed by atoms with E-state index in [0.717, 1.165) is 4.47 Å². The molecule has 0 bridgehead atoms. The third-order valence-electron chi connectivity index (χ3n) is 4.46. The van der Waals surface area contributed by atoms with E-state index in [-0.39, 0.29) is 5.56 Å². The summed E-state index contributed by atoms with van der Waals surface area (Å²) in [5.74, 6) is -0.758. The second-order valence-electron chi connectivity index (χ2n) is 6.55. The highest BCUT2D eigenvalue weighted by molar-refractivity contribution is 9.10. The van der Waals surface area contributed by atoms with Gasteiger partial charge in [0.05, 0.1) is 16.8 Å². The van der Waals surface area contributed by atoms with Crippen LogP contribution in [0.4, 0.5) is 5.69 Å². The van der Waals surface area contributed by atoms with Gasteiger partial charge < -0.3 is 14.5 Å². The number of hydrogen-bond donors (Lipinski definition) is 1. The highest BCUT2D eigenvalue weighted by atomic mass is 79.9. The molecule has 4 aromatic rings. The van der Waals surface area contributed by atoms with Crippen molar-refractivity contribution in [2.24, 2.45) is 0 Å². The molecule has 0 radical (unpaired) electrons. The van der Waals surface area contributed by atoms with Crippen LogP contribution in [-0.2, 0) is 9.53 Å². The van der Waals surface area contributed by atoms with Gasteiger partial charge in [0.1, 0.15) is 5.52 Å². The second kappa shape index (κ2) is 8.51. The number of carbonyl (C=O) groups excluding carboxylic acids is 2. The Morgan fingerprint density at radius 2 is 1.70 bits per heavy atom. The molecular formula is C23H17BrN2O4. The van der Waals surface area contributed by atoms with Gasteiger partial charge in [0.25, 0.3) is 5.91 Å². The summed E-state index contributed by atoms with van der Waals surface area (Å²) in [5, 5.41) is 2.74. The van der Waals surface area contributed by atoms with Gasteiger partial charge in [0.2, 0.25) is 5.89 Å². The van der Waals surface area contributed by atoms with Crippen molar-refractivity contribution in [1.29, 1.82) is 0 Å². The zero-order valence-corrected chi connectivity index (χ0v) is 17.5. The number of oxazole rings is 1. The minimum atomic E-state index is -0.999. The van der Waals surface area contributed by atoms with Gasteiger partial charge >= 0.3 is 5.97 Å². The minimum Gasteiger partial charge on any atom is -0.449 e. The van der Waals surface area contributed by atoms with Crippen LogP contribution in [0.25, 0.3) is 22.6 Å². The van der Waals surface area contributed by atoms with Crippen LogP contribution in [0, 0.1) is 0 Å². The number of nitrogens with zero attached hydrogens (tertiary/aromatic N) is 1. The molecule has 1 amide bonds. The van der Waals surface area contributed by atoms with E-state index in [2.05, 4.69) is 26.2 Å². The molecule has 1 atom stereocenters. The van der Waals surface area contributed by atoms with Crippen LogP contribution in [0.5, 0.6) is 0 Å². The first-order valence-electron chi connectivity index (χ1n) is 9.24. The summed E-state index contributed by atoms with van der Waals surface area (Å²) >= 11 is 3.37. The van der Waals surface area contributed by atoms with Crippen molar-refractivity contribution in [3.8, 4) is 11.5 Å². The molecule has 0 saturated heterocycles. The fraction of sp³-hybridized carbons (Fsp3) is 0.0870. The number of ether oxygens (including phenoxy) is 1. The second-order valence-corrected chi connectivity index (χ2v) is 7.40. The molecule has 6 nitrogen and oxygen atoms in total. The Kier molecular flexibility index (Phi) is 5.63. The molecule has 3 aromatic carbocycles. The molecule has 150 valence electrons. The van der Waals surface area contributed by atoms with Gasteiger partial charge in [-0.05, 0) is 59.3 Å². The molecule has 30 heavy (non-hydrogen) atoms. The molecule has 1 heterocycles. The fourth-order valence-electron chi connectivity index (χ4n) is 2.91. The van der Waals surface area contributed by atoms with Gasteiger partial charge in [-0.25, -0.2) is 9.78 Å². The van der Waals surface area contributed by atoms with Crippen molar-refractivity contribution in [1.82, 2.24) is 4.98 Å². The van der Waals surface area contributed by atoms with E-state index in [1.807, 2.05) is 30.3 Å². The van der Waals surface area contributed by atoms with E-state index in [0.29, 0.717) is 28.2 Å². The third kappa shape index (κ3) is 4.11. The van der Waals surface area contributed by atoms with Crippen molar-refractivity contribution in [2.75, 3.05) is 5.32 Å². The number of aromatic nitrogens is 1. The molecule has 1 unspecified atom stereocenters. The molecule has 0 saturated carbocycles. The van der Waals surface area contributed by atoms with Gasteiger partial charge in [-0.15, -0.1) is 0 Å². The number of esters is 1. The summed E-state index contributed by atoms with van der Waals surface area (Å²) in [7, 11) is 0. The van der Waals surface area contributed by atoms with Crippen LogP contribution >= 0.6 is 15.9 Å². The molecule has 0 aliphatic heterocycles. The maximum absolute atomic E-state index is 12.8. The summed E-state index contributed by atoms with van der Waals surface area (Å²) in [6, 6.07) is 21.4. The largest absolute Gasteiger partial charge is 0.449 e. The number of halogens is 1. The number of rotatable bonds is 5. The monoisotopic (exact) mass is 464 g/mol. The highest BCUT2D eigenvalue weighted by Gasteiger charge is 2.23. The quantitative estimate of drug-likeness (QED) is 0.397. The first-order chi connectivity index (χ1) is 14.5. The number of anilines is 1. The van der Waals surface area contributed by atoms with E-state index in [4.69, 9.17) is 9.15 Å².